The number of aliphatic hydroxyl groups is 5. The molecule has 342 valence electrons. The first kappa shape index (κ1) is 54.8. The number of phosphoric ester groups is 1. The quantitative estimate of drug-likeness (QED) is 0.0152. The van der Waals surface area contributed by atoms with Gasteiger partial charge in [-0.05, 0) is 38.5 Å². The van der Waals surface area contributed by atoms with Crippen LogP contribution in [0.4, 0.5) is 0 Å². The number of aliphatic hydroxyl groups excluding tert-OH is 5. The third kappa shape index (κ3) is 28.1. The molecule has 13 nitrogen and oxygen atoms in total. The molecule has 6 N–H and O–H groups in total. The summed E-state index contributed by atoms with van der Waals surface area (Å²) in [5, 5.41) is 50.1. The Morgan fingerprint density at radius 1 is 0.542 bits per heavy atom. The van der Waals surface area contributed by atoms with Gasteiger partial charge in [-0.25, -0.2) is 4.57 Å². The molecule has 1 aliphatic rings. The highest BCUT2D eigenvalue weighted by Gasteiger charge is 2.51. The van der Waals surface area contributed by atoms with E-state index in [9.17, 15) is 44.6 Å². The maximum absolute atomic E-state index is 12.8. The van der Waals surface area contributed by atoms with Crippen LogP contribution in [-0.4, -0.2) is 98.3 Å². The Hall–Kier alpha value is -2.19. The second-order valence-corrected chi connectivity index (χ2v) is 16.9. The molecule has 1 fully saturated rings. The van der Waals surface area contributed by atoms with Crippen molar-refractivity contribution in [2.45, 2.75) is 211 Å². The summed E-state index contributed by atoms with van der Waals surface area (Å²) in [6, 6.07) is 0. The fourth-order valence-electron chi connectivity index (χ4n) is 6.60. The van der Waals surface area contributed by atoms with Crippen molar-refractivity contribution in [1.82, 2.24) is 0 Å². The molecule has 0 bridgehead atoms. The lowest BCUT2D eigenvalue weighted by molar-refractivity contribution is -0.220. The summed E-state index contributed by atoms with van der Waals surface area (Å²) in [4.78, 5) is 35.6. The van der Waals surface area contributed by atoms with Crippen LogP contribution in [0.15, 0.2) is 48.6 Å². The number of esters is 2. The molecule has 59 heavy (non-hydrogen) atoms. The highest BCUT2D eigenvalue weighted by atomic mass is 31.2. The molecule has 0 aromatic rings. The van der Waals surface area contributed by atoms with Gasteiger partial charge in [-0.3, -0.25) is 18.6 Å². The van der Waals surface area contributed by atoms with Crippen molar-refractivity contribution in [3.05, 3.63) is 48.6 Å². The molecule has 0 radical (unpaired) electrons. The first-order valence-electron chi connectivity index (χ1n) is 22.4. The molecular formula is C45H79O13P. The molecule has 1 saturated carbocycles. The lowest BCUT2D eigenvalue weighted by atomic mass is 9.85. The van der Waals surface area contributed by atoms with Crippen LogP contribution in [-0.2, 0) is 32.7 Å². The summed E-state index contributed by atoms with van der Waals surface area (Å²) in [5.74, 6) is -1.19. The number of phosphoric acid groups is 1. The Bertz CT molecular complexity index is 1220. The second-order valence-electron chi connectivity index (χ2n) is 15.5. The van der Waals surface area contributed by atoms with E-state index in [1.165, 1.54) is 83.5 Å². The topological polar surface area (TPSA) is 210 Å². The van der Waals surface area contributed by atoms with E-state index in [-0.39, 0.29) is 12.8 Å². The molecule has 6 unspecified atom stereocenters. The van der Waals surface area contributed by atoms with Crippen molar-refractivity contribution >= 4 is 19.8 Å². The molecule has 0 aliphatic heterocycles. The lowest BCUT2D eigenvalue weighted by Gasteiger charge is -2.41. The number of allylic oxidation sites excluding steroid dienone is 8. The molecule has 1 rings (SSSR count). The highest BCUT2D eigenvalue weighted by molar-refractivity contribution is 7.47. The zero-order valence-electron chi connectivity index (χ0n) is 36.0. The Morgan fingerprint density at radius 2 is 0.966 bits per heavy atom. The minimum atomic E-state index is -5.13. The third-order valence-electron chi connectivity index (χ3n) is 10.2. The molecule has 0 aromatic carbocycles. The van der Waals surface area contributed by atoms with Crippen LogP contribution in [0.1, 0.15) is 168 Å². The van der Waals surface area contributed by atoms with Gasteiger partial charge in [0.2, 0.25) is 0 Å². The molecule has 1 aliphatic carbocycles. The van der Waals surface area contributed by atoms with E-state index in [4.69, 9.17) is 18.5 Å². The maximum atomic E-state index is 12.8. The summed E-state index contributed by atoms with van der Waals surface area (Å²) in [6.07, 6.45) is 27.7. The number of unbranched alkanes of at least 4 members (excludes halogenated alkanes) is 16. The number of carbonyl (C=O) groups excluding carboxylic acids is 2. The van der Waals surface area contributed by atoms with E-state index in [0.29, 0.717) is 19.3 Å². The summed E-state index contributed by atoms with van der Waals surface area (Å²) >= 11 is 0. The lowest BCUT2D eigenvalue weighted by Crippen LogP contribution is -2.64. The standard InChI is InChI=1S/C45H79O13P/c1-3-5-7-9-11-13-15-17-18-19-20-22-23-25-27-29-31-33-38(46)55-35-37(36-56-59(53,54)58-45-43(51)41(49)40(48)42(50)44(45)52)57-39(47)34-32-30-28-26-24-21-16-14-12-10-8-6-4-2/h6,8,12,14,21,24,28,30,37,40-45,48-52H,3-5,7,9-11,13,15-20,22-23,25-27,29,31-36H2,1-2H3,(H,53,54)/b8-6-,14-12-,24-21-,30-28-. The molecule has 0 amide bonds. The molecule has 14 heteroatoms. The fraction of sp³-hybridized carbons (Fsp3) is 0.778. The van der Waals surface area contributed by atoms with Gasteiger partial charge in [0.1, 0.15) is 43.2 Å². The predicted molar refractivity (Wildman–Crippen MR) is 230 cm³/mol. The fourth-order valence-corrected chi connectivity index (χ4v) is 7.57. The van der Waals surface area contributed by atoms with Crippen molar-refractivity contribution in [3.8, 4) is 0 Å². The Balaban J connectivity index is 2.49. The van der Waals surface area contributed by atoms with Crippen LogP contribution < -0.4 is 0 Å². The third-order valence-corrected chi connectivity index (χ3v) is 11.2. The zero-order valence-corrected chi connectivity index (χ0v) is 36.9. The SMILES string of the molecule is CC/C=C\C/C=C\C/C=C\C/C=C\CCC(=O)OC(COC(=O)CCCCCCCCCCCCCCCCCCC)COP(=O)(O)OC1C(O)C(O)C(O)C(O)C1O. The highest BCUT2D eigenvalue weighted by Crippen LogP contribution is 2.47. The van der Waals surface area contributed by atoms with E-state index in [1.54, 1.807) is 0 Å². The van der Waals surface area contributed by atoms with Gasteiger partial charge in [-0.15, -0.1) is 0 Å². The van der Waals surface area contributed by atoms with E-state index < -0.39 is 75.7 Å². The number of carbonyl (C=O) groups is 2. The minimum Gasteiger partial charge on any atom is -0.462 e. The average molecular weight is 859 g/mol. The molecular weight excluding hydrogens is 779 g/mol. The molecule has 0 spiro atoms. The monoisotopic (exact) mass is 859 g/mol. The van der Waals surface area contributed by atoms with Gasteiger partial charge in [0.05, 0.1) is 6.61 Å². The smallest absolute Gasteiger partial charge is 0.462 e. The number of hydrogen-bond acceptors (Lipinski definition) is 12. The predicted octanol–water partition coefficient (Wildman–Crippen LogP) is 8.39. The van der Waals surface area contributed by atoms with Crippen LogP contribution in [0.5, 0.6) is 0 Å². The van der Waals surface area contributed by atoms with Crippen LogP contribution in [0, 0.1) is 0 Å². The van der Waals surface area contributed by atoms with Crippen LogP contribution >= 0.6 is 7.82 Å². The van der Waals surface area contributed by atoms with E-state index >= 15 is 0 Å². The Morgan fingerprint density at radius 3 is 1.44 bits per heavy atom. The van der Waals surface area contributed by atoms with Crippen molar-refractivity contribution in [2.24, 2.45) is 0 Å². The average Bonchev–Trinajstić information content (AvgIpc) is 3.21. The molecule has 6 atom stereocenters. The number of rotatable bonds is 36. The maximum Gasteiger partial charge on any atom is 0.472 e. The Kier molecular flexibility index (Phi) is 32.9. The van der Waals surface area contributed by atoms with Crippen molar-refractivity contribution in [3.63, 3.8) is 0 Å². The van der Waals surface area contributed by atoms with E-state index in [1.807, 2.05) is 18.2 Å². The number of hydrogen-bond donors (Lipinski definition) is 6. The van der Waals surface area contributed by atoms with Crippen molar-refractivity contribution in [1.29, 1.82) is 0 Å². The van der Waals surface area contributed by atoms with Gasteiger partial charge in [0.25, 0.3) is 0 Å². The Labute approximate surface area is 354 Å². The molecule has 0 heterocycles. The van der Waals surface area contributed by atoms with Crippen LogP contribution in [0.2, 0.25) is 0 Å². The summed E-state index contributed by atoms with van der Waals surface area (Å²) < 4.78 is 33.4. The summed E-state index contributed by atoms with van der Waals surface area (Å²) in [7, 11) is -5.13. The van der Waals surface area contributed by atoms with E-state index in [0.717, 1.165) is 38.5 Å². The van der Waals surface area contributed by atoms with Gasteiger partial charge >= 0.3 is 19.8 Å². The molecule has 0 saturated heterocycles. The minimum absolute atomic E-state index is 0.0240. The van der Waals surface area contributed by atoms with Gasteiger partial charge in [0.15, 0.2) is 6.10 Å². The largest absolute Gasteiger partial charge is 0.472 e. The van der Waals surface area contributed by atoms with Crippen molar-refractivity contribution < 1.29 is 63.1 Å². The van der Waals surface area contributed by atoms with Crippen molar-refractivity contribution in [2.75, 3.05) is 13.2 Å². The zero-order chi connectivity index (χ0) is 43.6. The first-order valence-corrected chi connectivity index (χ1v) is 23.9. The molecule has 0 aromatic heterocycles. The van der Waals surface area contributed by atoms with Gasteiger partial charge in [-0.2, -0.15) is 0 Å². The van der Waals surface area contributed by atoms with E-state index in [2.05, 4.69) is 44.2 Å². The first-order chi connectivity index (χ1) is 28.4. The summed E-state index contributed by atoms with van der Waals surface area (Å²) in [5.41, 5.74) is 0. The van der Waals surface area contributed by atoms with Crippen LogP contribution in [0.3, 0.4) is 0 Å². The van der Waals surface area contributed by atoms with Crippen LogP contribution in [0.25, 0.3) is 0 Å². The van der Waals surface area contributed by atoms with Gasteiger partial charge in [-0.1, -0.05) is 165 Å². The summed E-state index contributed by atoms with van der Waals surface area (Å²) in [6.45, 7) is 3.12. The second kappa shape index (κ2) is 35.4. The normalized spacial score (nSPS) is 22.8. The van der Waals surface area contributed by atoms with Gasteiger partial charge < -0.3 is 39.9 Å². The van der Waals surface area contributed by atoms with Gasteiger partial charge in [0, 0.05) is 12.8 Å². The number of ether oxygens (including phenoxy) is 2.